The summed E-state index contributed by atoms with van der Waals surface area (Å²) < 4.78 is 27.8. The molecule has 0 atom stereocenters. The van der Waals surface area contributed by atoms with Crippen molar-refractivity contribution in [3.05, 3.63) is 42.9 Å². The number of ether oxygens (including phenoxy) is 1. The molecule has 1 heterocycles. The highest BCUT2D eigenvalue weighted by Gasteiger charge is 2.01. The van der Waals surface area contributed by atoms with Crippen LogP contribution in [0.25, 0.3) is 0 Å². The molecule has 0 unspecified atom stereocenters. The lowest BCUT2D eigenvalue weighted by Gasteiger charge is -1.99. The molecule has 84 valence electrons. The van der Waals surface area contributed by atoms with E-state index in [1.54, 1.807) is 12.1 Å². The molecule has 0 spiro atoms. The molecular formula is C10H10N2O3S. The van der Waals surface area contributed by atoms with E-state index in [1.807, 2.05) is 18.2 Å². The molecular weight excluding hydrogens is 228 g/mol. The number of thiol groups is 1. The Bertz CT molecular complexity index is 526. The number of hydrogen-bond donors (Lipinski definition) is 1. The van der Waals surface area contributed by atoms with Gasteiger partial charge in [-0.1, -0.05) is 18.2 Å². The monoisotopic (exact) mass is 238 g/mol. The topological polar surface area (TPSA) is 61.2 Å². The van der Waals surface area contributed by atoms with Gasteiger partial charge in [0.05, 0.1) is 12.5 Å². The highest BCUT2D eigenvalue weighted by atomic mass is 32.2. The summed E-state index contributed by atoms with van der Waals surface area (Å²) in [5.41, 5.74) is 0. The van der Waals surface area contributed by atoms with E-state index >= 15 is 0 Å². The summed E-state index contributed by atoms with van der Waals surface area (Å²) >= 11 is 0. The van der Waals surface area contributed by atoms with Crippen molar-refractivity contribution in [1.29, 1.82) is 0 Å². The number of benzene rings is 1. The SMILES string of the molecule is O=[SH](=O)Cn1cnc(Oc2ccccc2)c1. The Hall–Kier alpha value is -1.82. The van der Waals surface area contributed by atoms with E-state index in [4.69, 9.17) is 4.74 Å². The first-order valence-electron chi connectivity index (χ1n) is 4.60. The zero-order valence-corrected chi connectivity index (χ0v) is 9.21. The molecule has 16 heavy (non-hydrogen) atoms. The van der Waals surface area contributed by atoms with Crippen molar-refractivity contribution in [2.75, 3.05) is 0 Å². The van der Waals surface area contributed by atoms with Crippen LogP contribution in [-0.4, -0.2) is 18.0 Å². The second kappa shape index (κ2) is 4.80. The van der Waals surface area contributed by atoms with Crippen LogP contribution in [0.4, 0.5) is 0 Å². The van der Waals surface area contributed by atoms with Crippen molar-refractivity contribution in [3.63, 3.8) is 0 Å². The van der Waals surface area contributed by atoms with Crippen LogP contribution in [-0.2, 0) is 16.6 Å². The van der Waals surface area contributed by atoms with E-state index in [2.05, 4.69) is 4.98 Å². The Morgan fingerprint density at radius 3 is 2.69 bits per heavy atom. The second-order valence-electron chi connectivity index (χ2n) is 3.12. The fourth-order valence-corrected chi connectivity index (χ4v) is 1.63. The normalized spacial score (nSPS) is 10.6. The van der Waals surface area contributed by atoms with E-state index in [0.29, 0.717) is 11.6 Å². The predicted molar refractivity (Wildman–Crippen MR) is 59.1 cm³/mol. The van der Waals surface area contributed by atoms with E-state index in [0.717, 1.165) is 0 Å². The fraction of sp³-hybridized carbons (Fsp3) is 0.100. The van der Waals surface area contributed by atoms with E-state index in [9.17, 15) is 8.42 Å². The summed E-state index contributed by atoms with van der Waals surface area (Å²) in [4.78, 5) is 3.94. The van der Waals surface area contributed by atoms with Crippen LogP contribution < -0.4 is 4.74 Å². The van der Waals surface area contributed by atoms with Gasteiger partial charge in [0.2, 0.25) is 5.88 Å². The summed E-state index contributed by atoms with van der Waals surface area (Å²) in [5, 5.41) is 0. The Kier molecular flexibility index (Phi) is 3.21. The third-order valence-corrected chi connectivity index (χ3v) is 2.41. The van der Waals surface area contributed by atoms with Crippen molar-refractivity contribution >= 4 is 10.7 Å². The van der Waals surface area contributed by atoms with Gasteiger partial charge in [-0.25, -0.2) is 13.4 Å². The molecule has 0 fully saturated rings. The highest BCUT2D eigenvalue weighted by Crippen LogP contribution is 2.18. The Morgan fingerprint density at radius 2 is 2.00 bits per heavy atom. The van der Waals surface area contributed by atoms with Gasteiger partial charge in [-0.3, -0.25) is 0 Å². The molecule has 1 aromatic heterocycles. The number of para-hydroxylation sites is 1. The maximum Gasteiger partial charge on any atom is 0.237 e. The lowest BCUT2D eigenvalue weighted by molar-refractivity contribution is 0.465. The van der Waals surface area contributed by atoms with Crippen LogP contribution in [0, 0.1) is 0 Å². The molecule has 0 aliphatic heterocycles. The molecule has 0 saturated heterocycles. The van der Waals surface area contributed by atoms with Gasteiger partial charge in [-0.2, -0.15) is 0 Å². The second-order valence-corrected chi connectivity index (χ2v) is 4.06. The number of imidazole rings is 1. The zero-order valence-electron chi connectivity index (χ0n) is 8.31. The molecule has 2 rings (SSSR count). The minimum absolute atomic E-state index is 0.0829. The van der Waals surface area contributed by atoms with Crippen molar-refractivity contribution in [2.45, 2.75) is 5.88 Å². The first-order valence-corrected chi connectivity index (χ1v) is 5.97. The number of rotatable bonds is 4. The molecule has 5 nitrogen and oxygen atoms in total. The highest BCUT2D eigenvalue weighted by molar-refractivity contribution is 7.71. The predicted octanol–water partition coefficient (Wildman–Crippen LogP) is 1.24. The van der Waals surface area contributed by atoms with Gasteiger partial charge in [0, 0.05) is 0 Å². The van der Waals surface area contributed by atoms with Crippen LogP contribution in [0.2, 0.25) is 0 Å². The summed E-state index contributed by atoms with van der Waals surface area (Å²) in [7, 11) is -2.46. The van der Waals surface area contributed by atoms with E-state index in [-0.39, 0.29) is 5.88 Å². The zero-order chi connectivity index (χ0) is 11.4. The van der Waals surface area contributed by atoms with Crippen molar-refractivity contribution in [1.82, 2.24) is 9.55 Å². The quantitative estimate of drug-likeness (QED) is 0.814. The Balaban J connectivity index is 2.08. The smallest absolute Gasteiger partial charge is 0.237 e. The molecule has 0 radical (unpaired) electrons. The number of nitrogens with zero attached hydrogens (tertiary/aromatic N) is 2. The minimum atomic E-state index is -2.46. The van der Waals surface area contributed by atoms with Gasteiger partial charge in [0.25, 0.3) is 0 Å². The number of aromatic nitrogens is 2. The lowest BCUT2D eigenvalue weighted by atomic mass is 10.3. The molecule has 0 aliphatic rings. The summed E-state index contributed by atoms with van der Waals surface area (Å²) in [6.07, 6.45) is 2.96. The third-order valence-electron chi connectivity index (χ3n) is 1.85. The Labute approximate surface area is 94.3 Å². The van der Waals surface area contributed by atoms with Crippen LogP contribution in [0.3, 0.4) is 0 Å². The van der Waals surface area contributed by atoms with Crippen LogP contribution >= 0.6 is 0 Å². The first kappa shape index (κ1) is 10.7. The van der Waals surface area contributed by atoms with E-state index < -0.39 is 10.7 Å². The third kappa shape index (κ3) is 2.83. The molecule has 0 amide bonds. The number of hydrogen-bond acceptors (Lipinski definition) is 4. The molecule has 0 aliphatic carbocycles. The average Bonchev–Trinajstić information content (AvgIpc) is 2.66. The summed E-state index contributed by atoms with van der Waals surface area (Å²) in [5.74, 6) is 0.961. The van der Waals surface area contributed by atoms with Gasteiger partial charge in [0.15, 0.2) is 10.7 Å². The van der Waals surface area contributed by atoms with Crippen molar-refractivity contribution in [3.8, 4) is 11.6 Å². The molecule has 6 heteroatoms. The van der Waals surface area contributed by atoms with Gasteiger partial charge in [-0.05, 0) is 12.1 Å². The molecule has 0 N–H and O–H groups in total. The first-order chi connectivity index (χ1) is 7.74. The van der Waals surface area contributed by atoms with Crippen molar-refractivity contribution < 1.29 is 13.2 Å². The molecule has 0 bridgehead atoms. The van der Waals surface area contributed by atoms with E-state index in [1.165, 1.54) is 17.1 Å². The molecule has 0 saturated carbocycles. The van der Waals surface area contributed by atoms with Gasteiger partial charge in [-0.15, -0.1) is 0 Å². The minimum Gasteiger partial charge on any atom is -0.438 e. The summed E-state index contributed by atoms with van der Waals surface area (Å²) in [6.45, 7) is 0. The standard InChI is InChI=1S/C10H10N2O3S/c13-16(14)8-12-6-10(11-7-12)15-9-4-2-1-3-5-9/h1-7,16H,8H2. The average molecular weight is 238 g/mol. The Morgan fingerprint density at radius 1 is 1.25 bits per heavy atom. The van der Waals surface area contributed by atoms with Gasteiger partial charge in [0.1, 0.15) is 11.6 Å². The molecule has 1 aromatic carbocycles. The fourth-order valence-electron chi connectivity index (χ4n) is 1.21. The van der Waals surface area contributed by atoms with Gasteiger partial charge < -0.3 is 9.30 Å². The van der Waals surface area contributed by atoms with Crippen LogP contribution in [0.15, 0.2) is 42.9 Å². The maximum atomic E-state index is 10.5. The van der Waals surface area contributed by atoms with Crippen LogP contribution in [0.5, 0.6) is 11.6 Å². The van der Waals surface area contributed by atoms with Gasteiger partial charge >= 0.3 is 0 Å². The van der Waals surface area contributed by atoms with Crippen molar-refractivity contribution in [2.24, 2.45) is 0 Å². The summed E-state index contributed by atoms with van der Waals surface area (Å²) in [6, 6.07) is 9.18. The lowest BCUT2D eigenvalue weighted by Crippen LogP contribution is -1.94. The van der Waals surface area contributed by atoms with Crippen LogP contribution in [0.1, 0.15) is 0 Å². The maximum absolute atomic E-state index is 10.5. The molecule has 2 aromatic rings. The largest absolute Gasteiger partial charge is 0.438 e.